The first-order valence-corrected chi connectivity index (χ1v) is 10.3. The van der Waals surface area contributed by atoms with Crippen LogP contribution in [0.5, 0.6) is 0 Å². The number of anilines is 1. The summed E-state index contributed by atoms with van der Waals surface area (Å²) in [7, 11) is -4.14. The number of aromatic carboxylic acids is 1. The van der Waals surface area contributed by atoms with E-state index in [1.165, 1.54) is 12.1 Å². The molecule has 0 atom stereocenters. The lowest BCUT2D eigenvalue weighted by molar-refractivity contribution is -0.125. The van der Waals surface area contributed by atoms with E-state index in [4.69, 9.17) is 5.11 Å². The van der Waals surface area contributed by atoms with Gasteiger partial charge in [-0.3, -0.25) is 19.2 Å². The molecule has 1 fully saturated rings. The number of nitrogens with zero attached hydrogens (tertiary/aromatic N) is 1. The fourth-order valence-corrected chi connectivity index (χ4v) is 4.25. The molecule has 1 heterocycles. The van der Waals surface area contributed by atoms with Crippen molar-refractivity contribution in [3.63, 3.8) is 0 Å². The molecule has 1 aliphatic rings. The van der Waals surface area contributed by atoms with Gasteiger partial charge in [0.05, 0.1) is 22.8 Å². The lowest BCUT2D eigenvalue weighted by Gasteiger charge is -2.13. The Morgan fingerprint density at radius 2 is 1.86 bits per heavy atom. The third-order valence-corrected chi connectivity index (χ3v) is 6.10. The van der Waals surface area contributed by atoms with Gasteiger partial charge in [0.1, 0.15) is 5.82 Å². The highest BCUT2D eigenvalue weighted by Gasteiger charge is 2.29. The van der Waals surface area contributed by atoms with E-state index in [0.717, 1.165) is 34.9 Å². The Morgan fingerprint density at radius 1 is 1.18 bits per heavy atom. The van der Waals surface area contributed by atoms with Gasteiger partial charge in [0.2, 0.25) is 5.91 Å². The molecule has 3 rings (SSSR count). The molecule has 1 aliphatic heterocycles. The number of sulfonamides is 1. The number of carboxylic acid groups (broad SMARTS) is 1. The minimum absolute atomic E-state index is 0.0810. The lowest BCUT2D eigenvalue weighted by Crippen LogP contribution is -2.27. The number of amides is 2. The number of thioether (sulfide) groups is 1. The van der Waals surface area contributed by atoms with Crippen LogP contribution in [0.15, 0.2) is 47.4 Å². The molecule has 146 valence electrons. The van der Waals surface area contributed by atoms with Crippen LogP contribution in [0.2, 0.25) is 0 Å². The average Bonchev–Trinajstić information content (AvgIpc) is 2.95. The van der Waals surface area contributed by atoms with Crippen LogP contribution in [0.25, 0.3) is 0 Å². The van der Waals surface area contributed by atoms with Gasteiger partial charge in [-0.25, -0.2) is 17.6 Å². The number of rotatable bonds is 6. The van der Waals surface area contributed by atoms with Gasteiger partial charge in [-0.15, -0.1) is 0 Å². The first-order valence-electron chi connectivity index (χ1n) is 7.79. The summed E-state index contributed by atoms with van der Waals surface area (Å²) in [6, 6.07) is 8.43. The number of benzene rings is 2. The van der Waals surface area contributed by atoms with E-state index < -0.39 is 32.3 Å². The zero-order chi connectivity index (χ0) is 20.5. The number of imide groups is 1. The maximum Gasteiger partial charge on any atom is 0.338 e. The molecule has 0 saturated carbocycles. The van der Waals surface area contributed by atoms with Crippen molar-refractivity contribution < 1.29 is 32.3 Å². The third kappa shape index (κ3) is 4.15. The predicted octanol–water partition coefficient (Wildman–Crippen LogP) is 2.52. The van der Waals surface area contributed by atoms with Crippen LogP contribution in [0.3, 0.4) is 0 Å². The van der Waals surface area contributed by atoms with E-state index in [1.54, 1.807) is 12.1 Å². The number of hydrogen-bond acceptors (Lipinski definition) is 6. The zero-order valence-corrected chi connectivity index (χ0v) is 15.7. The molecule has 2 aromatic carbocycles. The van der Waals surface area contributed by atoms with Gasteiger partial charge >= 0.3 is 5.97 Å². The second-order valence-corrected chi connectivity index (χ2v) is 8.39. The zero-order valence-electron chi connectivity index (χ0n) is 14.1. The van der Waals surface area contributed by atoms with Crippen molar-refractivity contribution in [2.75, 3.05) is 10.5 Å². The number of carbonyl (C=O) groups is 3. The topological polar surface area (TPSA) is 121 Å². The Balaban J connectivity index is 1.76. The highest BCUT2D eigenvalue weighted by Crippen LogP contribution is 2.23. The van der Waals surface area contributed by atoms with Gasteiger partial charge in [-0.2, -0.15) is 0 Å². The summed E-state index contributed by atoms with van der Waals surface area (Å²) in [5.41, 5.74) is 0.0523. The molecule has 0 radical (unpaired) electrons. The standard InChI is InChI=1S/C17H13FN2O6S2/c18-14-6-5-12(7-13(14)16(22)23)28(25,26)19-11-3-1-10(2-4-11)8-20-15(21)9-27-17(20)24/h1-7,19H,8-9H2,(H,22,23). The van der Waals surface area contributed by atoms with Gasteiger partial charge in [-0.05, 0) is 35.9 Å². The first kappa shape index (κ1) is 19.8. The van der Waals surface area contributed by atoms with Crippen molar-refractivity contribution in [3.8, 4) is 0 Å². The van der Waals surface area contributed by atoms with E-state index >= 15 is 0 Å². The van der Waals surface area contributed by atoms with E-state index in [2.05, 4.69) is 4.72 Å². The predicted molar refractivity (Wildman–Crippen MR) is 99.0 cm³/mol. The smallest absolute Gasteiger partial charge is 0.338 e. The molecular formula is C17H13FN2O6S2. The Kier molecular flexibility index (Phi) is 5.38. The number of nitrogens with one attached hydrogen (secondary N) is 1. The summed E-state index contributed by atoms with van der Waals surface area (Å²) in [5.74, 6) is -2.81. The lowest BCUT2D eigenvalue weighted by atomic mass is 10.2. The molecule has 8 nitrogen and oxygen atoms in total. The Bertz CT molecular complexity index is 1050. The van der Waals surface area contributed by atoms with Crippen molar-refractivity contribution in [2.24, 2.45) is 0 Å². The fourth-order valence-electron chi connectivity index (χ4n) is 2.44. The van der Waals surface area contributed by atoms with Crippen molar-refractivity contribution >= 4 is 44.6 Å². The molecule has 0 spiro atoms. The maximum atomic E-state index is 13.5. The molecule has 2 amide bonds. The molecule has 1 saturated heterocycles. The van der Waals surface area contributed by atoms with E-state index in [9.17, 15) is 27.2 Å². The maximum absolute atomic E-state index is 13.5. The minimum Gasteiger partial charge on any atom is -0.478 e. The summed E-state index contributed by atoms with van der Waals surface area (Å²) in [6.07, 6.45) is 0. The average molecular weight is 424 g/mol. The molecular weight excluding hydrogens is 411 g/mol. The van der Waals surface area contributed by atoms with Gasteiger partial charge in [0, 0.05) is 5.69 Å². The van der Waals surface area contributed by atoms with Gasteiger partial charge in [-0.1, -0.05) is 23.9 Å². The van der Waals surface area contributed by atoms with Gasteiger partial charge in [0.15, 0.2) is 0 Å². The van der Waals surface area contributed by atoms with Crippen molar-refractivity contribution in [1.29, 1.82) is 0 Å². The van der Waals surface area contributed by atoms with E-state index in [-0.39, 0.29) is 29.1 Å². The van der Waals surface area contributed by atoms with Crippen LogP contribution in [-0.2, 0) is 21.4 Å². The Labute approximate surface area is 163 Å². The fraction of sp³-hybridized carbons (Fsp3) is 0.118. The number of carboxylic acids is 1. The summed E-state index contributed by atoms with van der Waals surface area (Å²) >= 11 is 0.923. The van der Waals surface area contributed by atoms with Crippen LogP contribution in [-0.4, -0.2) is 41.3 Å². The highest BCUT2D eigenvalue weighted by molar-refractivity contribution is 8.14. The first-order chi connectivity index (χ1) is 13.2. The third-order valence-electron chi connectivity index (χ3n) is 3.87. The molecule has 0 bridgehead atoms. The number of carbonyl (C=O) groups excluding carboxylic acids is 2. The normalized spacial score (nSPS) is 14.4. The van der Waals surface area contributed by atoms with Crippen LogP contribution in [0.1, 0.15) is 15.9 Å². The summed E-state index contributed by atoms with van der Waals surface area (Å²) in [4.78, 5) is 34.9. The summed E-state index contributed by atoms with van der Waals surface area (Å²) < 4.78 is 40.5. The van der Waals surface area contributed by atoms with Gasteiger partial charge < -0.3 is 5.11 Å². The minimum atomic E-state index is -4.14. The van der Waals surface area contributed by atoms with Crippen LogP contribution < -0.4 is 4.72 Å². The van der Waals surface area contributed by atoms with Crippen molar-refractivity contribution in [1.82, 2.24) is 4.90 Å². The molecule has 2 N–H and O–H groups in total. The van der Waals surface area contributed by atoms with Crippen LogP contribution >= 0.6 is 11.8 Å². The van der Waals surface area contributed by atoms with Crippen LogP contribution in [0.4, 0.5) is 14.9 Å². The highest BCUT2D eigenvalue weighted by atomic mass is 32.2. The summed E-state index contributed by atoms with van der Waals surface area (Å²) in [6.45, 7) is 0.0810. The van der Waals surface area contributed by atoms with Crippen LogP contribution in [0, 0.1) is 5.82 Å². The second kappa shape index (κ2) is 7.60. The number of hydrogen-bond donors (Lipinski definition) is 2. The van der Waals surface area contributed by atoms with Crippen molar-refractivity contribution in [2.45, 2.75) is 11.4 Å². The molecule has 0 unspecified atom stereocenters. The molecule has 2 aromatic rings. The molecule has 0 aliphatic carbocycles. The number of halogens is 1. The SMILES string of the molecule is O=C(O)c1cc(S(=O)(=O)Nc2ccc(CN3C(=O)CSC3=O)cc2)ccc1F. The van der Waals surface area contributed by atoms with Gasteiger partial charge in [0.25, 0.3) is 15.3 Å². The summed E-state index contributed by atoms with van der Waals surface area (Å²) in [5, 5.41) is 8.59. The quantitative estimate of drug-likeness (QED) is 0.731. The molecule has 11 heteroatoms. The van der Waals surface area contributed by atoms with Crippen molar-refractivity contribution in [3.05, 3.63) is 59.4 Å². The van der Waals surface area contributed by atoms with E-state index in [1.807, 2.05) is 0 Å². The molecule has 0 aromatic heterocycles. The largest absolute Gasteiger partial charge is 0.478 e. The monoisotopic (exact) mass is 424 g/mol. The Morgan fingerprint density at radius 3 is 2.43 bits per heavy atom. The van der Waals surface area contributed by atoms with E-state index in [0.29, 0.717) is 5.56 Å². The Hall–Kier alpha value is -2.92. The molecule has 28 heavy (non-hydrogen) atoms. The second-order valence-electron chi connectivity index (χ2n) is 5.78.